The second-order valence-electron chi connectivity index (χ2n) is 3.19. The van der Waals surface area contributed by atoms with Gasteiger partial charge in [0.05, 0.1) is 19.1 Å². The first-order valence-corrected chi connectivity index (χ1v) is 4.30. The van der Waals surface area contributed by atoms with Crippen molar-refractivity contribution in [1.82, 2.24) is 0 Å². The fourth-order valence-electron chi connectivity index (χ4n) is 1.06. The molecule has 72 valence electrons. The van der Waals surface area contributed by atoms with Crippen LogP contribution in [0.3, 0.4) is 0 Å². The minimum absolute atomic E-state index is 0.138. The van der Waals surface area contributed by atoms with Crippen molar-refractivity contribution in [1.29, 1.82) is 0 Å². The van der Waals surface area contributed by atoms with Crippen LogP contribution in [0.2, 0.25) is 0 Å². The fourth-order valence-corrected chi connectivity index (χ4v) is 1.06. The van der Waals surface area contributed by atoms with Gasteiger partial charge in [0, 0.05) is 0 Å². The molecular weight excluding hydrogens is 156 g/mol. The third-order valence-corrected chi connectivity index (χ3v) is 2.31. The van der Waals surface area contributed by atoms with Crippen LogP contribution in [-0.4, -0.2) is 24.3 Å². The molecule has 12 heavy (non-hydrogen) atoms. The molecule has 0 amide bonds. The van der Waals surface area contributed by atoms with Gasteiger partial charge in [-0.05, 0) is 12.8 Å². The summed E-state index contributed by atoms with van der Waals surface area (Å²) in [7, 11) is 1.34. The average Bonchev–Trinajstić information content (AvgIpc) is 2.12. The molecular formula is C9H18O3. The van der Waals surface area contributed by atoms with Gasteiger partial charge in [-0.3, -0.25) is 4.79 Å². The van der Waals surface area contributed by atoms with Crippen LogP contribution in [0.5, 0.6) is 0 Å². The van der Waals surface area contributed by atoms with E-state index in [-0.39, 0.29) is 11.9 Å². The topological polar surface area (TPSA) is 46.5 Å². The van der Waals surface area contributed by atoms with Gasteiger partial charge in [0.25, 0.3) is 0 Å². The second-order valence-corrected chi connectivity index (χ2v) is 3.19. The molecule has 3 heteroatoms. The number of hydrogen-bond acceptors (Lipinski definition) is 3. The van der Waals surface area contributed by atoms with Crippen LogP contribution in [0.4, 0.5) is 0 Å². The summed E-state index contributed by atoms with van der Waals surface area (Å²) in [5.74, 6) is -0.633. The summed E-state index contributed by atoms with van der Waals surface area (Å²) in [4.78, 5) is 11.0. The number of aliphatic hydroxyl groups is 1. The van der Waals surface area contributed by atoms with E-state index in [0.29, 0.717) is 0 Å². The second kappa shape index (κ2) is 5.14. The number of aliphatic hydroxyl groups excluding tert-OH is 1. The number of carbonyl (C=O) groups excluding carboxylic acids is 1. The van der Waals surface area contributed by atoms with Gasteiger partial charge in [0.2, 0.25) is 0 Å². The lowest BCUT2D eigenvalue weighted by molar-refractivity contribution is -0.149. The Hall–Kier alpha value is -0.570. The van der Waals surface area contributed by atoms with Crippen molar-refractivity contribution in [3.05, 3.63) is 0 Å². The molecule has 0 spiro atoms. The van der Waals surface area contributed by atoms with E-state index in [9.17, 15) is 9.90 Å². The van der Waals surface area contributed by atoms with Crippen molar-refractivity contribution in [2.75, 3.05) is 7.11 Å². The molecule has 1 N–H and O–H groups in total. The van der Waals surface area contributed by atoms with Gasteiger partial charge in [-0.25, -0.2) is 0 Å². The molecule has 0 bridgehead atoms. The van der Waals surface area contributed by atoms with Gasteiger partial charge >= 0.3 is 5.97 Å². The summed E-state index contributed by atoms with van der Waals surface area (Å²) in [5.41, 5.74) is 0. The Morgan fingerprint density at radius 1 is 1.50 bits per heavy atom. The van der Waals surface area contributed by atoms with E-state index in [0.717, 1.165) is 6.42 Å². The number of carbonyl (C=O) groups is 1. The SMILES string of the molecule is CC[C@@H](C)[C@H](O)[C@@H](C)C(=O)OC. The van der Waals surface area contributed by atoms with E-state index >= 15 is 0 Å². The van der Waals surface area contributed by atoms with Gasteiger partial charge < -0.3 is 9.84 Å². The Kier molecular flexibility index (Phi) is 4.90. The monoisotopic (exact) mass is 174 g/mol. The van der Waals surface area contributed by atoms with Crippen molar-refractivity contribution in [3.8, 4) is 0 Å². The maximum atomic E-state index is 11.0. The van der Waals surface area contributed by atoms with Gasteiger partial charge in [-0.2, -0.15) is 0 Å². The van der Waals surface area contributed by atoms with E-state index in [1.807, 2.05) is 13.8 Å². The molecule has 0 saturated heterocycles. The molecule has 0 aromatic heterocycles. The average molecular weight is 174 g/mol. The molecule has 3 nitrogen and oxygen atoms in total. The molecule has 0 aliphatic heterocycles. The van der Waals surface area contributed by atoms with Gasteiger partial charge in [0.15, 0.2) is 0 Å². The first kappa shape index (κ1) is 11.4. The third-order valence-electron chi connectivity index (χ3n) is 2.31. The van der Waals surface area contributed by atoms with E-state index < -0.39 is 12.0 Å². The quantitative estimate of drug-likeness (QED) is 0.651. The molecule has 0 radical (unpaired) electrons. The summed E-state index contributed by atoms with van der Waals surface area (Å²) in [6.45, 7) is 5.59. The minimum atomic E-state index is -0.595. The zero-order valence-corrected chi connectivity index (χ0v) is 8.20. The Morgan fingerprint density at radius 2 is 2.00 bits per heavy atom. The standard InChI is InChI=1S/C9H18O3/c1-5-6(2)8(10)7(3)9(11)12-4/h6-8,10H,5H2,1-4H3/t6-,7-,8+/m1/s1. The first-order valence-electron chi connectivity index (χ1n) is 4.30. The molecule has 0 aromatic carbocycles. The Bertz CT molecular complexity index is 145. The summed E-state index contributed by atoms with van der Waals surface area (Å²) in [5, 5.41) is 9.59. The lowest BCUT2D eigenvalue weighted by Crippen LogP contribution is -2.31. The van der Waals surface area contributed by atoms with Crippen LogP contribution in [0.1, 0.15) is 27.2 Å². The summed E-state index contributed by atoms with van der Waals surface area (Å²) in [6, 6.07) is 0. The van der Waals surface area contributed by atoms with Crippen LogP contribution in [-0.2, 0) is 9.53 Å². The molecule has 0 aromatic rings. The molecule has 0 fully saturated rings. The zero-order valence-electron chi connectivity index (χ0n) is 8.20. The smallest absolute Gasteiger partial charge is 0.311 e. The number of ether oxygens (including phenoxy) is 1. The van der Waals surface area contributed by atoms with Crippen LogP contribution in [0, 0.1) is 11.8 Å². The van der Waals surface area contributed by atoms with Crippen LogP contribution in [0.25, 0.3) is 0 Å². The fraction of sp³-hybridized carbons (Fsp3) is 0.889. The first-order chi connectivity index (χ1) is 5.54. The van der Waals surface area contributed by atoms with Crippen molar-refractivity contribution in [2.45, 2.75) is 33.3 Å². The number of hydrogen-bond donors (Lipinski definition) is 1. The van der Waals surface area contributed by atoms with Crippen LogP contribution >= 0.6 is 0 Å². The maximum Gasteiger partial charge on any atom is 0.311 e. The lowest BCUT2D eigenvalue weighted by atomic mass is 9.92. The van der Waals surface area contributed by atoms with Crippen molar-refractivity contribution >= 4 is 5.97 Å². The molecule has 0 heterocycles. The Balaban J connectivity index is 4.08. The highest BCUT2D eigenvalue weighted by molar-refractivity contribution is 5.72. The van der Waals surface area contributed by atoms with Crippen LogP contribution < -0.4 is 0 Å². The summed E-state index contributed by atoms with van der Waals surface area (Å²) >= 11 is 0. The maximum absolute atomic E-state index is 11.0. The molecule has 0 saturated carbocycles. The number of rotatable bonds is 4. The van der Waals surface area contributed by atoms with Gasteiger partial charge in [0.1, 0.15) is 0 Å². The Morgan fingerprint density at radius 3 is 2.33 bits per heavy atom. The van der Waals surface area contributed by atoms with Gasteiger partial charge in [-0.1, -0.05) is 20.3 Å². The minimum Gasteiger partial charge on any atom is -0.469 e. The Labute approximate surface area is 73.7 Å². The van der Waals surface area contributed by atoms with E-state index in [1.165, 1.54) is 7.11 Å². The molecule has 3 atom stereocenters. The summed E-state index contributed by atoms with van der Waals surface area (Å²) in [6.07, 6.45) is 0.269. The molecule has 0 aliphatic carbocycles. The summed E-state index contributed by atoms with van der Waals surface area (Å²) < 4.78 is 4.53. The number of esters is 1. The van der Waals surface area contributed by atoms with Crippen molar-refractivity contribution in [3.63, 3.8) is 0 Å². The zero-order chi connectivity index (χ0) is 9.72. The van der Waals surface area contributed by atoms with Crippen LogP contribution in [0.15, 0.2) is 0 Å². The highest BCUT2D eigenvalue weighted by Gasteiger charge is 2.26. The van der Waals surface area contributed by atoms with E-state index in [4.69, 9.17) is 0 Å². The highest BCUT2D eigenvalue weighted by atomic mass is 16.5. The molecule has 0 unspecified atom stereocenters. The predicted molar refractivity (Wildman–Crippen MR) is 46.6 cm³/mol. The normalized spacial score (nSPS) is 18.1. The molecule has 0 aliphatic rings. The lowest BCUT2D eigenvalue weighted by Gasteiger charge is -2.21. The van der Waals surface area contributed by atoms with Gasteiger partial charge in [-0.15, -0.1) is 0 Å². The number of methoxy groups -OCH3 is 1. The highest BCUT2D eigenvalue weighted by Crippen LogP contribution is 2.16. The van der Waals surface area contributed by atoms with E-state index in [1.54, 1.807) is 6.92 Å². The largest absolute Gasteiger partial charge is 0.469 e. The third kappa shape index (κ3) is 2.81. The van der Waals surface area contributed by atoms with Crippen molar-refractivity contribution < 1.29 is 14.6 Å². The molecule has 0 rings (SSSR count). The van der Waals surface area contributed by atoms with Crippen molar-refractivity contribution in [2.24, 2.45) is 11.8 Å². The van der Waals surface area contributed by atoms with E-state index in [2.05, 4.69) is 4.74 Å². The predicted octanol–water partition coefficient (Wildman–Crippen LogP) is 1.20.